The van der Waals surface area contributed by atoms with Crippen molar-refractivity contribution in [1.82, 2.24) is 14.6 Å². The number of fused-ring (bicyclic) bond motifs is 1. The Hall–Kier alpha value is -3.50. The molecule has 0 bridgehead atoms. The van der Waals surface area contributed by atoms with Gasteiger partial charge in [-0.25, -0.2) is 4.98 Å². The van der Waals surface area contributed by atoms with Crippen molar-refractivity contribution in [2.45, 2.75) is 51.4 Å². The van der Waals surface area contributed by atoms with Gasteiger partial charge in [-0.2, -0.15) is 9.78 Å². The van der Waals surface area contributed by atoms with Crippen molar-refractivity contribution in [3.63, 3.8) is 0 Å². The fourth-order valence-corrected chi connectivity index (χ4v) is 5.92. The Labute approximate surface area is 254 Å². The molecule has 0 atom stereocenters. The lowest BCUT2D eigenvalue weighted by molar-refractivity contribution is -0.137. The quantitative estimate of drug-likeness (QED) is 0.217. The van der Waals surface area contributed by atoms with Crippen LogP contribution < -0.4 is 15.0 Å². The number of amides is 1. The minimum atomic E-state index is -0.198. The number of ether oxygens (including phenoxy) is 3. The maximum Gasteiger partial charge on any atom is 0.282 e. The summed E-state index contributed by atoms with van der Waals surface area (Å²) in [5.41, 5.74) is 2.02. The fraction of sp³-hybridized carbons (Fsp3) is 0.438. The van der Waals surface area contributed by atoms with Crippen molar-refractivity contribution in [1.29, 1.82) is 0 Å². The molecule has 2 aliphatic rings. The van der Waals surface area contributed by atoms with Gasteiger partial charge in [-0.05, 0) is 62.1 Å². The first-order valence-electron chi connectivity index (χ1n) is 14.6. The Bertz CT molecular complexity index is 1520. The van der Waals surface area contributed by atoms with Gasteiger partial charge >= 0.3 is 0 Å². The van der Waals surface area contributed by atoms with E-state index in [-0.39, 0.29) is 24.0 Å². The van der Waals surface area contributed by atoms with Crippen molar-refractivity contribution in [3.05, 3.63) is 74.8 Å². The molecule has 5 rings (SSSR count). The smallest absolute Gasteiger partial charge is 0.282 e. The van der Waals surface area contributed by atoms with E-state index in [9.17, 15) is 9.59 Å². The van der Waals surface area contributed by atoms with Crippen LogP contribution in [0.3, 0.4) is 0 Å². The molecule has 1 saturated heterocycles. The van der Waals surface area contributed by atoms with Gasteiger partial charge < -0.3 is 19.1 Å². The third-order valence-corrected chi connectivity index (χ3v) is 8.14. The summed E-state index contributed by atoms with van der Waals surface area (Å²) in [6.07, 6.45) is 9.33. The van der Waals surface area contributed by atoms with Gasteiger partial charge in [-0.15, -0.1) is 6.58 Å². The molecule has 1 aromatic heterocycles. The van der Waals surface area contributed by atoms with Crippen LogP contribution in [-0.4, -0.2) is 66.2 Å². The first-order chi connectivity index (χ1) is 20.5. The first-order valence-corrected chi connectivity index (χ1v) is 15.4. The predicted octanol–water partition coefficient (Wildman–Crippen LogP) is 5.45. The van der Waals surface area contributed by atoms with Crippen LogP contribution in [0.15, 0.2) is 57.4 Å². The lowest BCUT2D eigenvalue weighted by Crippen LogP contribution is -2.43. The highest BCUT2D eigenvalue weighted by Gasteiger charge is 2.23. The number of aromatic nitrogens is 2. The molecule has 1 aliphatic heterocycles. The first kappa shape index (κ1) is 30.0. The number of rotatable bonds is 10. The van der Waals surface area contributed by atoms with Crippen LogP contribution >= 0.6 is 15.9 Å². The topological polar surface area (TPSA) is 95.2 Å². The molecule has 3 aromatic rings. The van der Waals surface area contributed by atoms with E-state index >= 15 is 0 Å². The summed E-state index contributed by atoms with van der Waals surface area (Å²) >= 11 is 3.48. The van der Waals surface area contributed by atoms with E-state index < -0.39 is 0 Å². The molecular formula is C32H37BrN4O5. The SMILES string of the molecule is C=CCc1cc(C=Nn2c(C3CCCCC3)nc3ccc(Br)cc3c2=O)cc(OCC)c1OCC(=O)N1CCOCC1. The molecule has 222 valence electrons. The molecular weight excluding hydrogens is 600 g/mol. The largest absolute Gasteiger partial charge is 0.490 e. The van der Waals surface area contributed by atoms with Gasteiger partial charge in [0.05, 0.1) is 36.9 Å². The van der Waals surface area contributed by atoms with Gasteiger partial charge in [0, 0.05) is 29.0 Å². The van der Waals surface area contributed by atoms with Gasteiger partial charge in [0.2, 0.25) is 0 Å². The normalized spacial score (nSPS) is 16.2. The number of benzene rings is 2. The summed E-state index contributed by atoms with van der Waals surface area (Å²) in [7, 11) is 0. The second-order valence-electron chi connectivity index (χ2n) is 10.5. The summed E-state index contributed by atoms with van der Waals surface area (Å²) in [4.78, 5) is 33.2. The van der Waals surface area contributed by atoms with Gasteiger partial charge in [0.25, 0.3) is 11.5 Å². The van der Waals surface area contributed by atoms with Crippen molar-refractivity contribution < 1.29 is 19.0 Å². The van der Waals surface area contributed by atoms with Crippen LogP contribution in [0.1, 0.15) is 61.9 Å². The molecule has 0 N–H and O–H groups in total. The third kappa shape index (κ3) is 6.93. The number of nitrogens with zero attached hydrogens (tertiary/aromatic N) is 4. The number of carbonyl (C=O) groups excluding carboxylic acids is 1. The molecule has 10 heteroatoms. The van der Waals surface area contributed by atoms with Crippen molar-refractivity contribution in [3.8, 4) is 11.5 Å². The second-order valence-corrected chi connectivity index (χ2v) is 11.5. The molecule has 0 radical (unpaired) electrons. The molecule has 1 aliphatic carbocycles. The number of halogens is 1. The second kappa shape index (κ2) is 14.1. The highest BCUT2D eigenvalue weighted by molar-refractivity contribution is 9.10. The van der Waals surface area contributed by atoms with E-state index in [2.05, 4.69) is 22.5 Å². The van der Waals surface area contributed by atoms with Crippen LogP contribution in [0, 0.1) is 0 Å². The average Bonchev–Trinajstić information content (AvgIpc) is 3.01. The fourth-order valence-electron chi connectivity index (χ4n) is 5.56. The Morgan fingerprint density at radius 2 is 1.95 bits per heavy atom. The molecule has 0 unspecified atom stereocenters. The van der Waals surface area contributed by atoms with Crippen LogP contribution in [0.4, 0.5) is 0 Å². The van der Waals surface area contributed by atoms with Gasteiger partial charge in [-0.3, -0.25) is 9.59 Å². The molecule has 9 nitrogen and oxygen atoms in total. The molecule has 1 saturated carbocycles. The van der Waals surface area contributed by atoms with E-state index in [1.807, 2.05) is 31.2 Å². The monoisotopic (exact) mass is 636 g/mol. The van der Waals surface area contributed by atoms with E-state index in [1.54, 1.807) is 23.3 Å². The standard InChI is InChI=1S/C32H37BrN4O5/c1-3-8-24-17-22(18-28(41-4-2)30(24)42-21-29(38)36-13-15-40-16-14-36)20-34-37-31(23-9-6-5-7-10-23)35-27-12-11-25(33)19-26(27)32(37)39/h3,11-12,17-20,23H,1,4-10,13-16,21H2,2H3. The number of hydrogen-bond acceptors (Lipinski definition) is 7. The Kier molecular flexibility index (Phi) is 10.1. The Morgan fingerprint density at radius 3 is 2.69 bits per heavy atom. The zero-order valence-corrected chi connectivity index (χ0v) is 25.6. The van der Waals surface area contributed by atoms with E-state index in [1.165, 1.54) is 11.1 Å². The molecule has 2 aromatic carbocycles. The van der Waals surface area contributed by atoms with E-state index in [0.29, 0.717) is 67.6 Å². The Morgan fingerprint density at radius 1 is 1.17 bits per heavy atom. The number of carbonyl (C=O) groups is 1. The van der Waals surface area contributed by atoms with Gasteiger partial charge in [-0.1, -0.05) is 41.3 Å². The molecule has 0 spiro atoms. The van der Waals surface area contributed by atoms with Crippen molar-refractivity contribution in [2.75, 3.05) is 39.5 Å². The van der Waals surface area contributed by atoms with E-state index in [0.717, 1.165) is 41.3 Å². The lowest BCUT2D eigenvalue weighted by Gasteiger charge is -2.27. The summed E-state index contributed by atoms with van der Waals surface area (Å²) in [6, 6.07) is 9.32. The molecule has 2 heterocycles. The summed E-state index contributed by atoms with van der Waals surface area (Å²) < 4.78 is 19.6. The van der Waals surface area contributed by atoms with E-state index in [4.69, 9.17) is 24.3 Å². The van der Waals surface area contributed by atoms with Crippen LogP contribution in [0.5, 0.6) is 11.5 Å². The van der Waals surface area contributed by atoms with Gasteiger partial charge in [0.15, 0.2) is 18.1 Å². The Balaban J connectivity index is 1.50. The van der Waals surface area contributed by atoms with Crippen LogP contribution in [-0.2, 0) is 16.0 Å². The molecule has 1 amide bonds. The van der Waals surface area contributed by atoms with Gasteiger partial charge in [0.1, 0.15) is 5.82 Å². The van der Waals surface area contributed by atoms with Crippen LogP contribution in [0.25, 0.3) is 10.9 Å². The van der Waals surface area contributed by atoms with Crippen molar-refractivity contribution >= 4 is 39.0 Å². The summed E-state index contributed by atoms with van der Waals surface area (Å²) in [5, 5.41) is 5.22. The minimum Gasteiger partial charge on any atom is -0.490 e. The maximum absolute atomic E-state index is 13.7. The highest BCUT2D eigenvalue weighted by Crippen LogP contribution is 2.34. The third-order valence-electron chi connectivity index (χ3n) is 7.65. The molecule has 42 heavy (non-hydrogen) atoms. The maximum atomic E-state index is 13.7. The highest BCUT2D eigenvalue weighted by atomic mass is 79.9. The predicted molar refractivity (Wildman–Crippen MR) is 167 cm³/mol. The molecule has 2 fully saturated rings. The number of hydrogen-bond donors (Lipinski definition) is 0. The summed E-state index contributed by atoms with van der Waals surface area (Å²) in [5.74, 6) is 1.79. The summed E-state index contributed by atoms with van der Waals surface area (Å²) in [6.45, 7) is 8.27. The average molecular weight is 638 g/mol. The van der Waals surface area contributed by atoms with Crippen LogP contribution in [0.2, 0.25) is 0 Å². The number of allylic oxidation sites excluding steroid dienone is 1. The zero-order valence-electron chi connectivity index (χ0n) is 24.0. The lowest BCUT2D eigenvalue weighted by atomic mass is 9.88. The minimum absolute atomic E-state index is 0.0963. The zero-order chi connectivity index (χ0) is 29.5. The number of morpholine rings is 1. The van der Waals surface area contributed by atoms with Crippen molar-refractivity contribution in [2.24, 2.45) is 5.10 Å².